The van der Waals surface area contributed by atoms with E-state index >= 15 is 0 Å². The van der Waals surface area contributed by atoms with Crippen LogP contribution in [0, 0.1) is 11.6 Å². The van der Waals surface area contributed by atoms with Gasteiger partial charge in [0.1, 0.15) is 17.4 Å². The van der Waals surface area contributed by atoms with E-state index in [1.165, 1.54) is 17.7 Å². The normalized spacial score (nSPS) is 18.3. The van der Waals surface area contributed by atoms with Crippen LogP contribution in [-0.2, 0) is 0 Å². The van der Waals surface area contributed by atoms with E-state index in [2.05, 4.69) is 51.7 Å². The third-order valence-corrected chi connectivity index (χ3v) is 9.02. The van der Waals surface area contributed by atoms with Crippen molar-refractivity contribution in [3.05, 3.63) is 107 Å². The van der Waals surface area contributed by atoms with E-state index < -0.39 is 0 Å². The number of halogens is 3. The van der Waals surface area contributed by atoms with Gasteiger partial charge in [-0.1, -0.05) is 42.5 Å². The van der Waals surface area contributed by atoms with Gasteiger partial charge < -0.3 is 9.64 Å². The third-order valence-electron chi connectivity index (χ3n) is 9.02. The van der Waals surface area contributed by atoms with E-state index in [-0.39, 0.29) is 30.1 Å². The molecule has 2 fully saturated rings. The molecule has 0 aliphatic carbocycles. The van der Waals surface area contributed by atoms with Crippen molar-refractivity contribution < 1.29 is 13.5 Å². The Labute approximate surface area is 268 Å². The number of rotatable bonds is 11. The summed E-state index contributed by atoms with van der Waals surface area (Å²) in [6.45, 7) is 14.8. The van der Waals surface area contributed by atoms with E-state index in [0.717, 1.165) is 94.3 Å². The maximum Gasteiger partial charge on any atom is 0.123 e. The molecule has 5 nitrogen and oxygen atoms in total. The molecule has 0 amide bonds. The molecule has 238 valence electrons. The SMILES string of the molecule is COc1ccc(/C(=C\CCN2CCN(CC(c3ccc(F)cc3)N3CCN(C(C)C)CC3)CC2)c2ccc(F)cc2)cc1.Cl. The number of ether oxygens (including phenoxy) is 1. The first-order valence-electron chi connectivity index (χ1n) is 15.7. The van der Waals surface area contributed by atoms with E-state index in [1.54, 1.807) is 19.2 Å². The first-order valence-corrected chi connectivity index (χ1v) is 15.7. The first-order chi connectivity index (χ1) is 20.9. The molecule has 1 atom stereocenters. The molecule has 0 spiro atoms. The van der Waals surface area contributed by atoms with Gasteiger partial charge in [0.05, 0.1) is 7.11 Å². The Balaban J connectivity index is 0.00000442. The molecule has 3 aromatic carbocycles. The van der Waals surface area contributed by atoms with Crippen molar-refractivity contribution in [3.8, 4) is 5.75 Å². The van der Waals surface area contributed by atoms with Crippen molar-refractivity contribution in [1.29, 1.82) is 0 Å². The molecule has 44 heavy (non-hydrogen) atoms. The van der Waals surface area contributed by atoms with Gasteiger partial charge in [0.25, 0.3) is 0 Å². The second kappa shape index (κ2) is 16.5. The number of nitrogens with zero attached hydrogens (tertiary/aromatic N) is 4. The molecule has 2 aliphatic heterocycles. The summed E-state index contributed by atoms with van der Waals surface area (Å²) in [6.07, 6.45) is 3.19. The van der Waals surface area contributed by atoms with E-state index in [0.29, 0.717) is 6.04 Å². The van der Waals surface area contributed by atoms with Gasteiger partial charge in [0.2, 0.25) is 0 Å². The number of piperazine rings is 2. The summed E-state index contributed by atoms with van der Waals surface area (Å²) in [7, 11) is 1.67. The fraction of sp³-hybridized carbons (Fsp3) is 0.444. The van der Waals surface area contributed by atoms with E-state index in [9.17, 15) is 8.78 Å². The molecule has 2 aliphatic rings. The predicted octanol–water partition coefficient (Wildman–Crippen LogP) is 6.60. The van der Waals surface area contributed by atoms with Gasteiger partial charge in [0, 0.05) is 77.5 Å². The van der Waals surface area contributed by atoms with Crippen molar-refractivity contribution in [2.45, 2.75) is 32.4 Å². The zero-order valence-electron chi connectivity index (χ0n) is 26.3. The highest BCUT2D eigenvalue weighted by atomic mass is 35.5. The lowest BCUT2D eigenvalue weighted by atomic mass is 9.96. The quantitative estimate of drug-likeness (QED) is 0.239. The van der Waals surface area contributed by atoms with Crippen LogP contribution in [0.1, 0.15) is 43.0 Å². The van der Waals surface area contributed by atoms with Crippen LogP contribution in [0.3, 0.4) is 0 Å². The highest BCUT2D eigenvalue weighted by Crippen LogP contribution is 2.27. The van der Waals surface area contributed by atoms with Crippen LogP contribution < -0.4 is 4.74 Å². The Morgan fingerprint density at radius 1 is 0.705 bits per heavy atom. The minimum absolute atomic E-state index is 0. The van der Waals surface area contributed by atoms with Crippen LogP contribution in [0.25, 0.3) is 5.57 Å². The summed E-state index contributed by atoms with van der Waals surface area (Å²) in [6, 6.07) is 22.8. The van der Waals surface area contributed by atoms with Crippen LogP contribution in [0.5, 0.6) is 5.75 Å². The molecule has 5 rings (SSSR count). The van der Waals surface area contributed by atoms with Crippen molar-refractivity contribution in [2.75, 3.05) is 72.6 Å². The zero-order valence-corrected chi connectivity index (χ0v) is 27.1. The van der Waals surface area contributed by atoms with Gasteiger partial charge in [-0.3, -0.25) is 14.7 Å². The fourth-order valence-corrected chi connectivity index (χ4v) is 6.32. The van der Waals surface area contributed by atoms with Crippen LogP contribution in [0.15, 0.2) is 78.9 Å². The van der Waals surface area contributed by atoms with Crippen LogP contribution in [-0.4, -0.2) is 98.2 Å². The largest absolute Gasteiger partial charge is 0.497 e. The van der Waals surface area contributed by atoms with Gasteiger partial charge in [0.15, 0.2) is 0 Å². The van der Waals surface area contributed by atoms with Gasteiger partial charge in [-0.15, -0.1) is 12.4 Å². The molecule has 8 heteroatoms. The smallest absolute Gasteiger partial charge is 0.123 e. The number of hydrogen-bond donors (Lipinski definition) is 0. The topological polar surface area (TPSA) is 22.2 Å². The minimum atomic E-state index is -0.227. The highest BCUT2D eigenvalue weighted by Gasteiger charge is 2.29. The fourth-order valence-electron chi connectivity index (χ4n) is 6.32. The van der Waals surface area contributed by atoms with Gasteiger partial charge in [-0.2, -0.15) is 0 Å². The summed E-state index contributed by atoms with van der Waals surface area (Å²) in [5.41, 5.74) is 4.43. The number of benzene rings is 3. The summed E-state index contributed by atoms with van der Waals surface area (Å²) in [5.74, 6) is 0.416. The Kier molecular flexibility index (Phi) is 12.8. The van der Waals surface area contributed by atoms with Crippen molar-refractivity contribution >= 4 is 18.0 Å². The van der Waals surface area contributed by atoms with E-state index in [1.807, 2.05) is 36.4 Å². The van der Waals surface area contributed by atoms with Gasteiger partial charge >= 0.3 is 0 Å². The lowest BCUT2D eigenvalue weighted by molar-refractivity contribution is 0.0484. The van der Waals surface area contributed by atoms with Crippen molar-refractivity contribution in [2.24, 2.45) is 0 Å². The molecule has 1 unspecified atom stereocenters. The second-order valence-electron chi connectivity index (χ2n) is 12.0. The summed E-state index contributed by atoms with van der Waals surface area (Å²) in [4.78, 5) is 10.3. The Morgan fingerprint density at radius 2 is 1.20 bits per heavy atom. The minimum Gasteiger partial charge on any atom is -0.497 e. The standard InChI is InChI=1S/C36H46F2N4O.ClH/c1-28(2)41-23-25-42(26-24-41)36(31-8-14-33(38)15-9-31)27-40-21-19-39(20-22-40)18-4-5-35(29-6-12-32(37)13-7-29)30-10-16-34(43-3)17-11-30;/h5-17,28,36H,4,18-27H2,1-3H3;1H/b35-5-;. The molecular weight excluding hydrogens is 578 g/mol. The maximum atomic E-state index is 13.8. The van der Waals surface area contributed by atoms with Gasteiger partial charge in [-0.05, 0) is 78.9 Å². The third kappa shape index (κ3) is 9.11. The highest BCUT2D eigenvalue weighted by molar-refractivity contribution is 5.85. The summed E-state index contributed by atoms with van der Waals surface area (Å²) >= 11 is 0. The molecule has 2 heterocycles. The molecular formula is C36H47ClF2N4O. The van der Waals surface area contributed by atoms with E-state index in [4.69, 9.17) is 4.74 Å². The molecule has 0 aromatic heterocycles. The molecule has 0 saturated carbocycles. The molecule has 0 radical (unpaired) electrons. The Hall–Kier alpha value is -2.81. The van der Waals surface area contributed by atoms with Crippen LogP contribution in [0.4, 0.5) is 8.78 Å². The van der Waals surface area contributed by atoms with Crippen LogP contribution in [0.2, 0.25) is 0 Å². The monoisotopic (exact) mass is 624 g/mol. The summed E-state index contributed by atoms with van der Waals surface area (Å²) in [5, 5.41) is 0. The first kappa shape index (κ1) is 34.1. The molecule has 0 bridgehead atoms. The van der Waals surface area contributed by atoms with Crippen molar-refractivity contribution in [1.82, 2.24) is 19.6 Å². The zero-order chi connectivity index (χ0) is 30.2. The Morgan fingerprint density at radius 3 is 1.75 bits per heavy atom. The predicted molar refractivity (Wildman–Crippen MR) is 179 cm³/mol. The second-order valence-corrected chi connectivity index (χ2v) is 12.0. The Bertz CT molecular complexity index is 1300. The molecule has 0 N–H and O–H groups in total. The number of hydrogen-bond acceptors (Lipinski definition) is 5. The van der Waals surface area contributed by atoms with Crippen LogP contribution >= 0.6 is 12.4 Å². The summed E-state index contributed by atoms with van der Waals surface area (Å²) < 4.78 is 32.8. The van der Waals surface area contributed by atoms with Gasteiger partial charge in [-0.25, -0.2) is 8.78 Å². The maximum absolute atomic E-state index is 13.8. The number of methoxy groups -OCH3 is 1. The molecule has 2 saturated heterocycles. The lowest BCUT2D eigenvalue weighted by Gasteiger charge is -2.43. The molecule has 3 aromatic rings. The lowest BCUT2D eigenvalue weighted by Crippen LogP contribution is -2.53. The average Bonchev–Trinajstić information content (AvgIpc) is 3.04. The average molecular weight is 625 g/mol. The van der Waals surface area contributed by atoms with Crippen molar-refractivity contribution in [3.63, 3.8) is 0 Å².